The predicted molar refractivity (Wildman–Crippen MR) is 78.4 cm³/mol. The number of aliphatic hydroxyl groups is 1. The van der Waals surface area contributed by atoms with Gasteiger partial charge in [-0.3, -0.25) is 4.79 Å². The highest BCUT2D eigenvalue weighted by molar-refractivity contribution is 5.96. The van der Waals surface area contributed by atoms with Gasteiger partial charge in [0.2, 0.25) is 0 Å². The lowest BCUT2D eigenvalue weighted by molar-refractivity contribution is 0.0706. The Morgan fingerprint density at radius 1 is 1.48 bits per heavy atom. The van der Waals surface area contributed by atoms with E-state index in [-0.39, 0.29) is 18.9 Å². The zero-order valence-corrected chi connectivity index (χ0v) is 12.4. The first kappa shape index (κ1) is 17.2. The number of aliphatic hydroxyl groups excluding tert-OH is 1. The third-order valence-corrected chi connectivity index (χ3v) is 2.91. The minimum absolute atomic E-state index is 0.0689. The van der Waals surface area contributed by atoms with Crippen molar-refractivity contribution in [2.24, 2.45) is 0 Å². The molecule has 0 atom stereocenters. The Hall–Kier alpha value is -1.90. The van der Waals surface area contributed by atoms with Gasteiger partial charge in [-0.05, 0) is 25.1 Å². The highest BCUT2D eigenvalue weighted by Gasteiger charge is 2.17. The number of carbonyl (C=O) groups is 1. The van der Waals surface area contributed by atoms with E-state index < -0.39 is 5.82 Å². The quantitative estimate of drug-likeness (QED) is 0.812. The molecule has 1 aromatic rings. The van der Waals surface area contributed by atoms with Crippen molar-refractivity contribution in [3.63, 3.8) is 0 Å². The van der Waals surface area contributed by atoms with Crippen molar-refractivity contribution in [1.29, 1.82) is 0 Å². The van der Waals surface area contributed by atoms with Crippen molar-refractivity contribution in [3.8, 4) is 11.8 Å². The molecule has 4 nitrogen and oxygen atoms in total. The predicted octanol–water partition coefficient (Wildman–Crippen LogP) is 1.67. The molecule has 114 valence electrons. The van der Waals surface area contributed by atoms with Crippen LogP contribution in [0, 0.1) is 17.7 Å². The lowest BCUT2D eigenvalue weighted by atomic mass is 10.1. The van der Waals surface area contributed by atoms with Gasteiger partial charge < -0.3 is 14.7 Å². The fourth-order valence-corrected chi connectivity index (χ4v) is 1.80. The number of hydrogen-bond donors (Lipinski definition) is 1. The number of amides is 1. The molecule has 0 heterocycles. The van der Waals surface area contributed by atoms with E-state index in [1.165, 1.54) is 18.2 Å². The van der Waals surface area contributed by atoms with Gasteiger partial charge >= 0.3 is 0 Å². The molecule has 1 N–H and O–H groups in total. The smallest absolute Gasteiger partial charge is 0.255 e. The van der Waals surface area contributed by atoms with Gasteiger partial charge in [0.1, 0.15) is 5.82 Å². The van der Waals surface area contributed by atoms with Crippen LogP contribution < -0.4 is 0 Å². The van der Waals surface area contributed by atoms with Crippen LogP contribution in [0.25, 0.3) is 0 Å². The number of likely N-dealkylation sites (N-methyl/N-ethyl adjacent to an activating group) is 1. The van der Waals surface area contributed by atoms with Crippen LogP contribution >= 0.6 is 0 Å². The van der Waals surface area contributed by atoms with E-state index in [9.17, 15) is 9.18 Å². The topological polar surface area (TPSA) is 49.8 Å². The molecule has 0 saturated carbocycles. The van der Waals surface area contributed by atoms with Crippen molar-refractivity contribution in [1.82, 2.24) is 4.90 Å². The maximum Gasteiger partial charge on any atom is 0.255 e. The molecule has 0 aliphatic rings. The number of rotatable bonds is 6. The van der Waals surface area contributed by atoms with Crippen LogP contribution in [0.2, 0.25) is 0 Å². The third kappa shape index (κ3) is 5.18. The first-order chi connectivity index (χ1) is 10.1. The molecule has 0 spiro atoms. The molecule has 1 rings (SSSR count). The molecule has 0 saturated heterocycles. The number of carbonyl (C=O) groups excluding carboxylic acids is 1. The molecular formula is C16H20FNO3. The molecule has 1 amide bonds. The average molecular weight is 293 g/mol. The lowest BCUT2D eigenvalue weighted by Crippen LogP contribution is -2.34. The molecule has 0 fully saturated rings. The van der Waals surface area contributed by atoms with Crippen molar-refractivity contribution in [2.45, 2.75) is 13.3 Å². The summed E-state index contributed by atoms with van der Waals surface area (Å²) in [4.78, 5) is 14.1. The summed E-state index contributed by atoms with van der Waals surface area (Å²) in [5.41, 5.74) is 0.698. The van der Waals surface area contributed by atoms with Crippen LogP contribution in [-0.2, 0) is 4.74 Å². The third-order valence-electron chi connectivity index (χ3n) is 2.91. The summed E-state index contributed by atoms with van der Waals surface area (Å²) in [5.74, 6) is 4.80. The molecular weight excluding hydrogens is 273 g/mol. The molecule has 0 aliphatic carbocycles. The summed E-state index contributed by atoms with van der Waals surface area (Å²) in [6.07, 6.45) is 0.283. The van der Waals surface area contributed by atoms with Crippen molar-refractivity contribution in [3.05, 3.63) is 35.1 Å². The SMILES string of the molecule is CCN(CCOC)C(=O)c1ccc(F)cc1C#CCCO. The monoisotopic (exact) mass is 293 g/mol. The van der Waals surface area contributed by atoms with Crippen LogP contribution in [0.3, 0.4) is 0 Å². The number of benzene rings is 1. The fraction of sp³-hybridized carbons (Fsp3) is 0.438. The Morgan fingerprint density at radius 3 is 2.86 bits per heavy atom. The first-order valence-electron chi connectivity index (χ1n) is 6.81. The van der Waals surface area contributed by atoms with Crippen molar-refractivity contribution >= 4 is 5.91 Å². The Labute approximate surface area is 124 Å². The van der Waals surface area contributed by atoms with Crippen LogP contribution in [0.1, 0.15) is 29.3 Å². The van der Waals surface area contributed by atoms with E-state index in [0.29, 0.717) is 30.8 Å². The number of halogens is 1. The van der Waals surface area contributed by atoms with E-state index >= 15 is 0 Å². The van der Waals surface area contributed by atoms with Crippen LogP contribution in [0.5, 0.6) is 0 Å². The van der Waals surface area contributed by atoms with Crippen LogP contribution in [0.4, 0.5) is 4.39 Å². The normalized spacial score (nSPS) is 9.90. The molecule has 0 aliphatic heterocycles. The standard InChI is InChI=1S/C16H20FNO3/c1-3-18(9-11-21-2)16(20)15-8-7-14(17)12-13(15)6-4-5-10-19/h7-8,12,19H,3,5,9-11H2,1-2H3. The summed E-state index contributed by atoms with van der Waals surface area (Å²) in [6.45, 7) is 3.23. The van der Waals surface area contributed by atoms with Gasteiger partial charge in [0.05, 0.1) is 18.8 Å². The Balaban J connectivity index is 3.05. The summed E-state index contributed by atoms with van der Waals surface area (Å²) < 4.78 is 18.3. The minimum atomic E-state index is -0.445. The van der Waals surface area contributed by atoms with Gasteiger partial charge in [0.25, 0.3) is 5.91 Å². The van der Waals surface area contributed by atoms with E-state index in [1.54, 1.807) is 12.0 Å². The second-order valence-corrected chi connectivity index (χ2v) is 4.34. The number of methoxy groups -OCH3 is 1. The van der Waals surface area contributed by atoms with Gasteiger partial charge in [-0.15, -0.1) is 0 Å². The summed E-state index contributed by atoms with van der Waals surface area (Å²) in [6, 6.07) is 3.92. The molecule has 5 heteroatoms. The molecule has 0 radical (unpaired) electrons. The zero-order chi connectivity index (χ0) is 15.7. The fourth-order valence-electron chi connectivity index (χ4n) is 1.80. The first-order valence-corrected chi connectivity index (χ1v) is 6.81. The maximum atomic E-state index is 13.3. The van der Waals surface area contributed by atoms with Crippen molar-refractivity contribution in [2.75, 3.05) is 33.4 Å². The molecule has 0 aromatic heterocycles. The summed E-state index contributed by atoms with van der Waals surface area (Å²) in [7, 11) is 1.57. The van der Waals surface area contributed by atoms with E-state index in [2.05, 4.69) is 11.8 Å². The maximum absolute atomic E-state index is 13.3. The largest absolute Gasteiger partial charge is 0.395 e. The Bertz CT molecular complexity index is 534. The number of ether oxygens (including phenoxy) is 1. The highest BCUT2D eigenvalue weighted by atomic mass is 19.1. The molecule has 21 heavy (non-hydrogen) atoms. The van der Waals surface area contributed by atoms with Gasteiger partial charge in [0, 0.05) is 32.2 Å². The van der Waals surface area contributed by atoms with E-state index in [1.807, 2.05) is 6.92 Å². The van der Waals surface area contributed by atoms with Crippen LogP contribution in [-0.4, -0.2) is 49.3 Å². The molecule has 0 unspecified atom stereocenters. The number of hydrogen-bond acceptors (Lipinski definition) is 3. The lowest BCUT2D eigenvalue weighted by Gasteiger charge is -2.21. The van der Waals surface area contributed by atoms with E-state index in [4.69, 9.17) is 9.84 Å². The second-order valence-electron chi connectivity index (χ2n) is 4.34. The zero-order valence-electron chi connectivity index (χ0n) is 12.4. The summed E-state index contributed by atoms with van der Waals surface area (Å²) >= 11 is 0. The van der Waals surface area contributed by atoms with Gasteiger partial charge in [0.15, 0.2) is 0 Å². The highest BCUT2D eigenvalue weighted by Crippen LogP contribution is 2.13. The van der Waals surface area contributed by atoms with Gasteiger partial charge in [-0.25, -0.2) is 4.39 Å². The Morgan fingerprint density at radius 2 is 2.24 bits per heavy atom. The number of nitrogens with zero attached hydrogens (tertiary/aromatic N) is 1. The van der Waals surface area contributed by atoms with Crippen LogP contribution in [0.15, 0.2) is 18.2 Å². The average Bonchev–Trinajstić information content (AvgIpc) is 2.48. The van der Waals surface area contributed by atoms with Gasteiger partial charge in [-0.1, -0.05) is 11.8 Å². The van der Waals surface area contributed by atoms with E-state index in [0.717, 1.165) is 0 Å². The molecule has 1 aromatic carbocycles. The second kappa shape index (κ2) is 9.11. The van der Waals surface area contributed by atoms with Crippen molar-refractivity contribution < 1.29 is 19.0 Å². The minimum Gasteiger partial charge on any atom is -0.395 e. The molecule has 0 bridgehead atoms. The Kier molecular flexibility index (Phi) is 7.44. The summed E-state index contributed by atoms with van der Waals surface area (Å²) in [5, 5.41) is 8.74. The van der Waals surface area contributed by atoms with Gasteiger partial charge in [-0.2, -0.15) is 0 Å².